The van der Waals surface area contributed by atoms with E-state index in [9.17, 15) is 4.79 Å². The van der Waals surface area contributed by atoms with E-state index in [0.717, 1.165) is 16.5 Å². The number of hydrogen-bond donors (Lipinski definition) is 3. The smallest absolute Gasteiger partial charge is 0.240 e. The molecule has 3 N–H and O–H groups in total. The normalized spacial score (nSPS) is 25.1. The number of carbonyl (C=O) groups excluding carboxylic acids is 1. The molecule has 7 heteroatoms. The van der Waals surface area contributed by atoms with E-state index < -0.39 is 12.0 Å². The van der Waals surface area contributed by atoms with E-state index in [1.165, 1.54) is 0 Å². The van der Waals surface area contributed by atoms with E-state index >= 15 is 0 Å². The van der Waals surface area contributed by atoms with Crippen LogP contribution in [0.3, 0.4) is 0 Å². The molecular formula is C13H10N4O2S. The minimum atomic E-state index is -0.499. The van der Waals surface area contributed by atoms with Gasteiger partial charge in [-0.05, 0) is 18.3 Å². The molecule has 2 aliphatic rings. The molecule has 2 atom stereocenters. The number of aromatic nitrogens is 1. The lowest BCUT2D eigenvalue weighted by Crippen LogP contribution is -2.44. The van der Waals surface area contributed by atoms with E-state index in [2.05, 4.69) is 20.8 Å². The van der Waals surface area contributed by atoms with Gasteiger partial charge in [0.2, 0.25) is 11.0 Å². The molecule has 0 aliphatic carbocycles. The summed E-state index contributed by atoms with van der Waals surface area (Å²) in [6.45, 7) is 0. The van der Waals surface area contributed by atoms with E-state index in [1.807, 2.05) is 30.5 Å². The summed E-state index contributed by atoms with van der Waals surface area (Å²) >= 11 is 4.90. The average molecular weight is 286 g/mol. The van der Waals surface area contributed by atoms with Gasteiger partial charge in [-0.15, -0.1) is 0 Å². The van der Waals surface area contributed by atoms with Gasteiger partial charge in [0.1, 0.15) is 17.9 Å². The van der Waals surface area contributed by atoms with Gasteiger partial charge in [-0.2, -0.15) is 0 Å². The SMILES string of the molecule is O=C1NC(=S)N=C2NOC(c3c[nH]c4ccccc34)C12. The van der Waals surface area contributed by atoms with Gasteiger partial charge in [-0.1, -0.05) is 18.2 Å². The molecule has 1 aromatic heterocycles. The first kappa shape index (κ1) is 11.6. The number of rotatable bonds is 1. The zero-order valence-electron chi connectivity index (χ0n) is 10.2. The summed E-state index contributed by atoms with van der Waals surface area (Å²) in [5.41, 5.74) is 4.64. The predicted molar refractivity (Wildman–Crippen MR) is 76.9 cm³/mol. The summed E-state index contributed by atoms with van der Waals surface area (Å²) < 4.78 is 0. The van der Waals surface area contributed by atoms with Crippen LogP contribution in [0, 0.1) is 5.92 Å². The molecule has 0 spiro atoms. The Labute approximate surface area is 119 Å². The number of para-hydroxylation sites is 1. The lowest BCUT2D eigenvalue weighted by Gasteiger charge is -2.18. The molecule has 0 bridgehead atoms. The zero-order chi connectivity index (χ0) is 13.7. The highest BCUT2D eigenvalue weighted by Gasteiger charge is 2.44. The number of H-pyrrole nitrogens is 1. The third kappa shape index (κ3) is 1.57. The Bertz CT molecular complexity index is 767. The number of benzene rings is 1. The summed E-state index contributed by atoms with van der Waals surface area (Å²) in [5, 5.41) is 3.76. The van der Waals surface area contributed by atoms with Gasteiger partial charge in [0.05, 0.1) is 0 Å². The van der Waals surface area contributed by atoms with Crippen LogP contribution in [0.1, 0.15) is 11.7 Å². The lowest BCUT2D eigenvalue weighted by atomic mass is 9.94. The summed E-state index contributed by atoms with van der Waals surface area (Å²) in [7, 11) is 0. The number of hydrogen-bond acceptors (Lipinski definition) is 4. The topological polar surface area (TPSA) is 78.5 Å². The van der Waals surface area contributed by atoms with E-state index in [4.69, 9.17) is 17.1 Å². The molecule has 100 valence electrons. The minimum absolute atomic E-state index is 0.164. The van der Waals surface area contributed by atoms with Crippen LogP contribution in [0.5, 0.6) is 0 Å². The molecular weight excluding hydrogens is 276 g/mol. The van der Waals surface area contributed by atoms with Crippen LogP contribution >= 0.6 is 12.2 Å². The molecule has 3 heterocycles. The van der Waals surface area contributed by atoms with Crippen LogP contribution in [0.2, 0.25) is 0 Å². The Morgan fingerprint density at radius 1 is 1.30 bits per heavy atom. The maximum atomic E-state index is 12.1. The molecule has 2 aliphatic heterocycles. The molecule has 4 rings (SSSR count). The van der Waals surface area contributed by atoms with Gasteiger partial charge < -0.3 is 10.3 Å². The Hall–Kier alpha value is -2.25. The van der Waals surface area contributed by atoms with Gasteiger partial charge >= 0.3 is 0 Å². The quantitative estimate of drug-likeness (QED) is 0.688. The fraction of sp³-hybridized carbons (Fsp3) is 0.154. The van der Waals surface area contributed by atoms with Crippen molar-refractivity contribution < 1.29 is 9.63 Å². The monoisotopic (exact) mass is 286 g/mol. The Morgan fingerprint density at radius 2 is 2.15 bits per heavy atom. The van der Waals surface area contributed by atoms with Crippen LogP contribution in [-0.2, 0) is 9.63 Å². The average Bonchev–Trinajstić information content (AvgIpc) is 3.01. The van der Waals surface area contributed by atoms with E-state index in [0.29, 0.717) is 5.84 Å². The molecule has 2 aromatic rings. The summed E-state index contributed by atoms with van der Waals surface area (Å²) in [6.07, 6.45) is 1.44. The van der Waals surface area contributed by atoms with Crippen molar-refractivity contribution >= 4 is 40.0 Å². The first-order chi connectivity index (χ1) is 9.74. The number of amidine groups is 1. The molecule has 0 saturated carbocycles. The van der Waals surface area contributed by atoms with Crippen molar-refractivity contribution in [3.05, 3.63) is 36.0 Å². The second-order valence-electron chi connectivity index (χ2n) is 4.70. The first-order valence-electron chi connectivity index (χ1n) is 6.15. The largest absolute Gasteiger partial charge is 0.361 e. The molecule has 20 heavy (non-hydrogen) atoms. The van der Waals surface area contributed by atoms with Crippen molar-refractivity contribution in [2.75, 3.05) is 0 Å². The number of carbonyl (C=O) groups is 1. The van der Waals surface area contributed by atoms with Crippen molar-refractivity contribution in [2.45, 2.75) is 6.10 Å². The van der Waals surface area contributed by atoms with Crippen molar-refractivity contribution in [2.24, 2.45) is 10.9 Å². The fourth-order valence-corrected chi connectivity index (χ4v) is 2.84. The molecule has 1 fully saturated rings. The number of aromatic amines is 1. The van der Waals surface area contributed by atoms with Gasteiger partial charge in [-0.3, -0.25) is 15.1 Å². The highest BCUT2D eigenvalue weighted by molar-refractivity contribution is 7.80. The Kier molecular flexibility index (Phi) is 2.38. The number of aliphatic imine (C=N–C) groups is 1. The van der Waals surface area contributed by atoms with Crippen LogP contribution in [0.4, 0.5) is 0 Å². The second-order valence-corrected chi connectivity index (χ2v) is 5.09. The van der Waals surface area contributed by atoms with Crippen molar-refractivity contribution in [1.29, 1.82) is 0 Å². The Balaban J connectivity index is 1.82. The van der Waals surface area contributed by atoms with Gasteiger partial charge in [0, 0.05) is 22.7 Å². The number of hydroxylamine groups is 1. The predicted octanol–water partition coefficient (Wildman–Crippen LogP) is 1.17. The second kappa shape index (κ2) is 4.12. The maximum absolute atomic E-state index is 12.1. The van der Waals surface area contributed by atoms with E-state index in [1.54, 1.807) is 0 Å². The molecule has 1 saturated heterocycles. The first-order valence-corrected chi connectivity index (χ1v) is 6.56. The van der Waals surface area contributed by atoms with Crippen LogP contribution in [0.15, 0.2) is 35.5 Å². The fourth-order valence-electron chi connectivity index (χ4n) is 2.65. The van der Waals surface area contributed by atoms with E-state index in [-0.39, 0.29) is 11.0 Å². The standard InChI is InChI=1S/C13H10N4O2S/c18-12-9-10(19-17-11(9)15-13(20)16-12)7-5-14-8-4-2-1-3-6(7)8/h1-5,9-10,14H,(H2,15,16,17,18,20). The number of nitrogens with one attached hydrogen (secondary N) is 3. The van der Waals surface area contributed by atoms with Gasteiger partial charge in [0.15, 0.2) is 0 Å². The third-order valence-corrected chi connectivity index (χ3v) is 3.74. The summed E-state index contributed by atoms with van der Waals surface area (Å²) in [6, 6.07) is 7.87. The summed E-state index contributed by atoms with van der Waals surface area (Å²) in [4.78, 5) is 25.0. The number of thiocarbonyl (C=S) groups is 1. The molecule has 1 aromatic carbocycles. The highest BCUT2D eigenvalue weighted by atomic mass is 32.1. The maximum Gasteiger partial charge on any atom is 0.240 e. The highest BCUT2D eigenvalue weighted by Crippen LogP contribution is 2.36. The summed E-state index contributed by atoms with van der Waals surface area (Å²) in [5.74, 6) is -0.227. The number of amides is 1. The van der Waals surface area contributed by atoms with Crippen LogP contribution in [0.25, 0.3) is 10.9 Å². The van der Waals surface area contributed by atoms with Crippen molar-refractivity contribution in [1.82, 2.24) is 15.8 Å². The molecule has 6 nitrogen and oxygen atoms in total. The Morgan fingerprint density at radius 3 is 3.05 bits per heavy atom. The molecule has 0 radical (unpaired) electrons. The molecule has 1 amide bonds. The third-order valence-electron chi connectivity index (χ3n) is 3.55. The molecule has 2 unspecified atom stereocenters. The van der Waals surface area contributed by atoms with Crippen molar-refractivity contribution in [3.8, 4) is 0 Å². The van der Waals surface area contributed by atoms with Gasteiger partial charge in [0.25, 0.3) is 0 Å². The van der Waals surface area contributed by atoms with Crippen LogP contribution in [-0.4, -0.2) is 21.8 Å². The van der Waals surface area contributed by atoms with Crippen molar-refractivity contribution in [3.63, 3.8) is 0 Å². The minimum Gasteiger partial charge on any atom is -0.361 e. The number of nitrogens with zero attached hydrogens (tertiary/aromatic N) is 1. The van der Waals surface area contributed by atoms with Crippen LogP contribution < -0.4 is 10.8 Å². The van der Waals surface area contributed by atoms with Gasteiger partial charge in [-0.25, -0.2) is 4.99 Å². The zero-order valence-corrected chi connectivity index (χ0v) is 11.0. The number of fused-ring (bicyclic) bond motifs is 2. The lowest BCUT2D eigenvalue weighted by molar-refractivity contribution is -0.124.